The topological polar surface area (TPSA) is 64.4 Å². The van der Waals surface area contributed by atoms with Crippen LogP contribution < -0.4 is 5.32 Å². The quantitative estimate of drug-likeness (QED) is 0.902. The number of nitrogens with zero attached hydrogens (tertiary/aromatic N) is 1. The summed E-state index contributed by atoms with van der Waals surface area (Å²) in [5.74, 6) is -0.118. The molecule has 19 heavy (non-hydrogen) atoms. The zero-order valence-corrected chi connectivity index (χ0v) is 10.2. The van der Waals surface area contributed by atoms with Crippen molar-refractivity contribution in [2.75, 3.05) is 6.61 Å². The lowest BCUT2D eigenvalue weighted by molar-refractivity contribution is 0.0684. The number of ether oxygens (including phenoxy) is 1. The van der Waals surface area contributed by atoms with Crippen LogP contribution in [0.5, 0.6) is 0 Å². The van der Waals surface area contributed by atoms with E-state index in [1.807, 2.05) is 0 Å². The normalized spacial score (nSPS) is 20.2. The molecule has 1 saturated carbocycles. The van der Waals surface area contributed by atoms with E-state index in [-0.39, 0.29) is 18.2 Å². The van der Waals surface area contributed by atoms with Gasteiger partial charge in [0.2, 0.25) is 0 Å². The van der Waals surface area contributed by atoms with Gasteiger partial charge in [-0.2, -0.15) is 0 Å². The van der Waals surface area contributed by atoms with E-state index in [1.54, 1.807) is 0 Å². The van der Waals surface area contributed by atoms with Gasteiger partial charge in [-0.3, -0.25) is 4.79 Å². The molecule has 3 rings (SSSR count). The second kappa shape index (κ2) is 4.88. The van der Waals surface area contributed by atoms with Crippen molar-refractivity contribution < 1.29 is 22.8 Å². The molecule has 1 aliphatic heterocycles. The SMILES string of the molecule is O=C(NC(C(F)F)C1CC1)c1noc2c1COCC2. The Morgan fingerprint density at radius 1 is 1.42 bits per heavy atom. The number of hydrogen-bond acceptors (Lipinski definition) is 4. The van der Waals surface area contributed by atoms with Crippen LogP contribution in [0.25, 0.3) is 0 Å². The van der Waals surface area contributed by atoms with Gasteiger partial charge in [0.25, 0.3) is 12.3 Å². The Kier molecular flexibility index (Phi) is 3.22. The van der Waals surface area contributed by atoms with Crippen LogP contribution in [0.2, 0.25) is 0 Å². The van der Waals surface area contributed by atoms with Crippen molar-refractivity contribution in [1.82, 2.24) is 10.5 Å². The van der Waals surface area contributed by atoms with Crippen LogP contribution in [0.3, 0.4) is 0 Å². The maximum absolute atomic E-state index is 12.8. The Labute approximate surface area is 108 Å². The molecule has 1 amide bonds. The van der Waals surface area contributed by atoms with Gasteiger partial charge in [0, 0.05) is 6.42 Å². The molecule has 1 aliphatic carbocycles. The van der Waals surface area contributed by atoms with E-state index in [1.165, 1.54) is 0 Å². The van der Waals surface area contributed by atoms with E-state index in [4.69, 9.17) is 9.26 Å². The van der Waals surface area contributed by atoms with Gasteiger partial charge < -0.3 is 14.6 Å². The molecule has 1 atom stereocenters. The van der Waals surface area contributed by atoms with Crippen LogP contribution in [0.1, 0.15) is 34.7 Å². The first kappa shape index (κ1) is 12.5. The first-order valence-electron chi connectivity index (χ1n) is 6.31. The van der Waals surface area contributed by atoms with Crippen LogP contribution in [0.15, 0.2) is 4.52 Å². The summed E-state index contributed by atoms with van der Waals surface area (Å²) in [5.41, 5.74) is 0.647. The summed E-state index contributed by atoms with van der Waals surface area (Å²) in [6, 6.07) is -1.09. The number of aromatic nitrogens is 1. The molecule has 1 fully saturated rings. The van der Waals surface area contributed by atoms with E-state index in [0.717, 1.165) is 12.8 Å². The van der Waals surface area contributed by atoms with Gasteiger partial charge in [-0.05, 0) is 18.8 Å². The van der Waals surface area contributed by atoms with Crippen molar-refractivity contribution in [1.29, 1.82) is 0 Å². The van der Waals surface area contributed by atoms with E-state index in [2.05, 4.69) is 10.5 Å². The summed E-state index contributed by atoms with van der Waals surface area (Å²) in [7, 11) is 0. The molecular formula is C12H14F2N2O3. The Morgan fingerprint density at radius 3 is 2.89 bits per heavy atom. The molecule has 0 aromatic carbocycles. The molecule has 0 spiro atoms. The zero-order valence-electron chi connectivity index (χ0n) is 10.2. The second-order valence-corrected chi connectivity index (χ2v) is 4.91. The summed E-state index contributed by atoms with van der Waals surface area (Å²) >= 11 is 0. The smallest absolute Gasteiger partial charge is 0.274 e. The number of carbonyl (C=O) groups excluding carboxylic acids is 1. The fraction of sp³-hybridized carbons (Fsp3) is 0.667. The highest BCUT2D eigenvalue weighted by molar-refractivity contribution is 5.94. The third-order valence-corrected chi connectivity index (χ3v) is 3.50. The van der Waals surface area contributed by atoms with Crippen LogP contribution in [0, 0.1) is 5.92 Å². The fourth-order valence-electron chi connectivity index (χ4n) is 2.27. The van der Waals surface area contributed by atoms with Crippen molar-refractivity contribution in [3.63, 3.8) is 0 Å². The molecule has 2 aliphatic rings. The molecule has 0 radical (unpaired) electrons. The predicted molar refractivity (Wildman–Crippen MR) is 59.8 cm³/mol. The van der Waals surface area contributed by atoms with Crippen molar-refractivity contribution in [3.05, 3.63) is 17.0 Å². The molecular weight excluding hydrogens is 258 g/mol. The average Bonchev–Trinajstić information content (AvgIpc) is 3.14. The molecule has 0 saturated heterocycles. The van der Waals surface area contributed by atoms with Gasteiger partial charge in [0.1, 0.15) is 5.76 Å². The molecule has 1 N–H and O–H groups in total. The lowest BCUT2D eigenvalue weighted by Crippen LogP contribution is -2.42. The molecule has 5 nitrogen and oxygen atoms in total. The molecule has 1 aromatic rings. The van der Waals surface area contributed by atoms with Crippen molar-refractivity contribution in [2.24, 2.45) is 5.92 Å². The van der Waals surface area contributed by atoms with E-state index in [0.29, 0.717) is 24.4 Å². The summed E-state index contributed by atoms with van der Waals surface area (Å²) < 4.78 is 36.0. The summed E-state index contributed by atoms with van der Waals surface area (Å²) in [6.45, 7) is 0.759. The van der Waals surface area contributed by atoms with Crippen molar-refractivity contribution in [3.8, 4) is 0 Å². The first-order valence-corrected chi connectivity index (χ1v) is 6.31. The number of hydrogen-bond donors (Lipinski definition) is 1. The number of fused-ring (bicyclic) bond motifs is 1. The van der Waals surface area contributed by atoms with Gasteiger partial charge in [0.05, 0.1) is 24.8 Å². The minimum absolute atomic E-state index is 0.0704. The number of rotatable bonds is 4. The van der Waals surface area contributed by atoms with Gasteiger partial charge >= 0.3 is 0 Å². The molecule has 7 heteroatoms. The first-order chi connectivity index (χ1) is 9.16. The second-order valence-electron chi connectivity index (χ2n) is 4.91. The minimum Gasteiger partial charge on any atom is -0.376 e. The fourth-order valence-corrected chi connectivity index (χ4v) is 2.27. The van der Waals surface area contributed by atoms with Crippen molar-refractivity contribution in [2.45, 2.75) is 38.3 Å². The number of halogens is 2. The molecule has 0 bridgehead atoms. The summed E-state index contributed by atoms with van der Waals surface area (Å²) in [5, 5.41) is 6.04. The van der Waals surface area contributed by atoms with E-state index < -0.39 is 18.4 Å². The molecule has 1 aromatic heterocycles. The highest BCUT2D eigenvalue weighted by atomic mass is 19.3. The number of alkyl halides is 2. The molecule has 1 unspecified atom stereocenters. The maximum atomic E-state index is 12.8. The number of carbonyl (C=O) groups is 1. The van der Waals surface area contributed by atoms with E-state index in [9.17, 15) is 13.6 Å². The summed E-state index contributed by atoms with van der Waals surface area (Å²) in [6.07, 6.45) is -0.545. The Bertz CT molecular complexity index is 483. The summed E-state index contributed by atoms with van der Waals surface area (Å²) in [4.78, 5) is 12.0. The van der Waals surface area contributed by atoms with Gasteiger partial charge in [-0.1, -0.05) is 5.16 Å². The largest absolute Gasteiger partial charge is 0.376 e. The van der Waals surface area contributed by atoms with Gasteiger partial charge in [0.15, 0.2) is 5.69 Å². The molecule has 104 valence electrons. The minimum atomic E-state index is -2.56. The number of amides is 1. The van der Waals surface area contributed by atoms with Crippen molar-refractivity contribution >= 4 is 5.91 Å². The van der Waals surface area contributed by atoms with E-state index >= 15 is 0 Å². The highest BCUT2D eigenvalue weighted by Crippen LogP contribution is 2.35. The van der Waals surface area contributed by atoms with Crippen LogP contribution in [-0.2, 0) is 17.8 Å². The predicted octanol–water partition coefficient (Wildman–Crippen LogP) is 1.52. The third kappa shape index (κ3) is 2.47. The Morgan fingerprint density at radius 2 is 2.21 bits per heavy atom. The highest BCUT2D eigenvalue weighted by Gasteiger charge is 2.39. The third-order valence-electron chi connectivity index (χ3n) is 3.50. The Hall–Kier alpha value is -1.50. The average molecular weight is 272 g/mol. The van der Waals surface area contributed by atoms with Crippen LogP contribution in [-0.4, -0.2) is 30.1 Å². The van der Waals surface area contributed by atoms with Crippen LogP contribution in [0.4, 0.5) is 8.78 Å². The monoisotopic (exact) mass is 272 g/mol. The molecule has 2 heterocycles. The standard InChI is InChI=1S/C12H14F2N2O3/c13-11(14)9(6-1-2-6)15-12(17)10-7-5-18-4-3-8(7)19-16-10/h6,9,11H,1-5H2,(H,15,17). The zero-order chi connectivity index (χ0) is 13.4. The maximum Gasteiger partial charge on any atom is 0.274 e. The Balaban J connectivity index is 1.74. The van der Waals surface area contributed by atoms with Crippen LogP contribution >= 0.6 is 0 Å². The lowest BCUT2D eigenvalue weighted by Gasteiger charge is -2.17. The van der Waals surface area contributed by atoms with Gasteiger partial charge in [-0.15, -0.1) is 0 Å². The lowest BCUT2D eigenvalue weighted by atomic mass is 10.1. The van der Waals surface area contributed by atoms with Gasteiger partial charge in [-0.25, -0.2) is 8.78 Å². The number of nitrogens with one attached hydrogen (secondary N) is 1.